The Kier molecular flexibility index (Phi) is 7.52. The van der Waals surface area contributed by atoms with Crippen LogP contribution in [0.2, 0.25) is 5.02 Å². The molecule has 0 aliphatic carbocycles. The fourth-order valence-electron chi connectivity index (χ4n) is 2.47. The van der Waals surface area contributed by atoms with Crippen molar-refractivity contribution < 1.29 is 23.5 Å². The highest BCUT2D eigenvalue weighted by Crippen LogP contribution is 2.23. The number of halogens is 2. The topological polar surface area (TPSA) is 84.5 Å². The highest BCUT2D eigenvalue weighted by Gasteiger charge is 2.23. The summed E-state index contributed by atoms with van der Waals surface area (Å²) in [6, 6.07) is 11.9. The average molecular weight is 407 g/mol. The summed E-state index contributed by atoms with van der Waals surface area (Å²) in [5.74, 6) is -2.10. The van der Waals surface area contributed by atoms with Crippen molar-refractivity contribution in [2.75, 3.05) is 5.32 Å². The molecule has 2 aromatic rings. The van der Waals surface area contributed by atoms with Crippen LogP contribution in [-0.4, -0.2) is 23.9 Å². The number of rotatable bonds is 7. The molecule has 8 heteroatoms. The van der Waals surface area contributed by atoms with E-state index in [1.165, 1.54) is 19.9 Å². The SMILES string of the molecule is CC(=O)N[C@H](CC(=O)O[C@@H](C)C(=O)Nc1ccc(F)cc1Cl)c1ccccc1. The minimum Gasteiger partial charge on any atom is -0.452 e. The average Bonchev–Trinajstić information content (AvgIpc) is 2.63. The summed E-state index contributed by atoms with van der Waals surface area (Å²) in [5.41, 5.74) is 0.946. The maximum atomic E-state index is 13.1. The van der Waals surface area contributed by atoms with E-state index in [-0.39, 0.29) is 23.0 Å². The first-order valence-corrected chi connectivity index (χ1v) is 8.91. The van der Waals surface area contributed by atoms with Gasteiger partial charge in [-0.25, -0.2) is 4.39 Å². The number of ether oxygens (including phenoxy) is 1. The molecule has 0 aliphatic rings. The largest absolute Gasteiger partial charge is 0.452 e. The molecule has 0 saturated carbocycles. The van der Waals surface area contributed by atoms with Crippen LogP contribution in [0.1, 0.15) is 31.9 Å². The van der Waals surface area contributed by atoms with Crippen molar-refractivity contribution in [1.29, 1.82) is 0 Å². The normalized spacial score (nSPS) is 12.6. The lowest BCUT2D eigenvalue weighted by molar-refractivity contribution is -0.153. The van der Waals surface area contributed by atoms with Crippen LogP contribution < -0.4 is 10.6 Å². The third-order valence-electron chi connectivity index (χ3n) is 3.82. The Morgan fingerprint density at radius 2 is 1.82 bits per heavy atom. The number of esters is 1. The fraction of sp³-hybridized carbons (Fsp3) is 0.250. The van der Waals surface area contributed by atoms with E-state index in [1.807, 2.05) is 6.07 Å². The maximum absolute atomic E-state index is 13.1. The van der Waals surface area contributed by atoms with Crippen molar-refractivity contribution in [3.8, 4) is 0 Å². The van der Waals surface area contributed by atoms with Crippen LogP contribution in [0.4, 0.5) is 10.1 Å². The van der Waals surface area contributed by atoms with Crippen LogP contribution in [0, 0.1) is 5.82 Å². The van der Waals surface area contributed by atoms with Crippen LogP contribution in [0.3, 0.4) is 0 Å². The molecule has 0 saturated heterocycles. The Hall–Kier alpha value is -2.93. The second kappa shape index (κ2) is 9.85. The molecule has 0 heterocycles. The first-order valence-electron chi connectivity index (χ1n) is 8.53. The lowest BCUT2D eigenvalue weighted by Gasteiger charge is -2.19. The first kappa shape index (κ1) is 21.4. The molecule has 148 valence electrons. The Morgan fingerprint density at radius 1 is 1.14 bits per heavy atom. The molecular weight excluding hydrogens is 387 g/mol. The van der Waals surface area contributed by atoms with Crippen LogP contribution >= 0.6 is 11.6 Å². The van der Waals surface area contributed by atoms with Crippen molar-refractivity contribution in [3.63, 3.8) is 0 Å². The molecule has 0 bridgehead atoms. The van der Waals surface area contributed by atoms with Gasteiger partial charge >= 0.3 is 5.97 Å². The summed E-state index contributed by atoms with van der Waals surface area (Å²) in [7, 11) is 0. The van der Waals surface area contributed by atoms with E-state index in [4.69, 9.17) is 16.3 Å². The molecule has 2 aromatic carbocycles. The standard InChI is InChI=1S/C20H20ClFN2O4/c1-12(20(27)24-17-9-8-15(22)10-16(17)21)28-19(26)11-18(23-13(2)25)14-6-4-3-5-7-14/h3-10,12,18H,11H2,1-2H3,(H,23,25)(H,24,27)/t12-,18+/m0/s1. The maximum Gasteiger partial charge on any atom is 0.309 e. The van der Waals surface area contributed by atoms with Gasteiger partial charge in [0.2, 0.25) is 5.91 Å². The van der Waals surface area contributed by atoms with Crippen molar-refractivity contribution in [2.24, 2.45) is 0 Å². The minimum absolute atomic E-state index is 0.0293. The predicted molar refractivity (Wildman–Crippen MR) is 103 cm³/mol. The van der Waals surface area contributed by atoms with Crippen LogP contribution in [-0.2, 0) is 19.1 Å². The van der Waals surface area contributed by atoms with Gasteiger partial charge in [-0.1, -0.05) is 41.9 Å². The number of anilines is 1. The molecule has 0 aromatic heterocycles. The van der Waals surface area contributed by atoms with Gasteiger partial charge in [0.25, 0.3) is 5.91 Å². The summed E-state index contributed by atoms with van der Waals surface area (Å²) in [5, 5.41) is 5.19. The third-order valence-corrected chi connectivity index (χ3v) is 4.13. The highest BCUT2D eigenvalue weighted by atomic mass is 35.5. The molecule has 2 N–H and O–H groups in total. The molecule has 0 fully saturated rings. The summed E-state index contributed by atoms with van der Waals surface area (Å²) in [6.07, 6.45) is -1.25. The lowest BCUT2D eigenvalue weighted by atomic mass is 10.0. The van der Waals surface area contributed by atoms with E-state index in [1.54, 1.807) is 24.3 Å². The molecule has 0 radical (unpaired) electrons. The van der Waals surface area contributed by atoms with Gasteiger partial charge in [-0.15, -0.1) is 0 Å². The van der Waals surface area contributed by atoms with E-state index in [9.17, 15) is 18.8 Å². The molecule has 2 rings (SSSR count). The number of hydrogen-bond donors (Lipinski definition) is 2. The Morgan fingerprint density at radius 3 is 2.43 bits per heavy atom. The molecule has 0 spiro atoms. The van der Waals surface area contributed by atoms with E-state index >= 15 is 0 Å². The summed E-state index contributed by atoms with van der Waals surface area (Å²) in [6.45, 7) is 2.75. The van der Waals surface area contributed by atoms with Gasteiger partial charge in [-0.3, -0.25) is 14.4 Å². The number of hydrogen-bond acceptors (Lipinski definition) is 4. The van der Waals surface area contributed by atoms with E-state index in [0.29, 0.717) is 0 Å². The van der Waals surface area contributed by atoms with Crippen molar-refractivity contribution in [2.45, 2.75) is 32.4 Å². The van der Waals surface area contributed by atoms with Gasteiger partial charge in [0.1, 0.15) is 5.82 Å². The summed E-state index contributed by atoms with van der Waals surface area (Å²) < 4.78 is 18.2. The van der Waals surface area contributed by atoms with E-state index < -0.39 is 29.8 Å². The number of benzene rings is 2. The van der Waals surface area contributed by atoms with Crippen molar-refractivity contribution >= 4 is 35.1 Å². The van der Waals surface area contributed by atoms with E-state index in [0.717, 1.165) is 17.7 Å². The number of carbonyl (C=O) groups is 3. The number of amides is 2. The van der Waals surface area contributed by atoms with Crippen LogP contribution in [0.5, 0.6) is 0 Å². The number of carbonyl (C=O) groups excluding carboxylic acids is 3. The summed E-state index contributed by atoms with van der Waals surface area (Å²) >= 11 is 5.87. The fourth-order valence-corrected chi connectivity index (χ4v) is 2.69. The molecule has 28 heavy (non-hydrogen) atoms. The molecular formula is C20H20ClFN2O4. The molecule has 2 amide bonds. The molecule has 2 atom stereocenters. The van der Waals surface area contributed by atoms with Gasteiger partial charge in [-0.05, 0) is 30.7 Å². The zero-order valence-corrected chi connectivity index (χ0v) is 16.1. The molecule has 0 unspecified atom stereocenters. The third kappa shape index (κ3) is 6.35. The second-order valence-corrected chi connectivity index (χ2v) is 6.52. The zero-order valence-electron chi connectivity index (χ0n) is 15.4. The quantitative estimate of drug-likeness (QED) is 0.688. The van der Waals surface area contributed by atoms with Gasteiger partial charge in [0, 0.05) is 6.92 Å². The Bertz CT molecular complexity index is 861. The Labute approximate surface area is 167 Å². The molecule has 6 nitrogen and oxygen atoms in total. The van der Waals surface area contributed by atoms with Crippen molar-refractivity contribution in [3.05, 3.63) is 64.9 Å². The van der Waals surface area contributed by atoms with Gasteiger partial charge < -0.3 is 15.4 Å². The summed E-state index contributed by atoms with van der Waals surface area (Å²) in [4.78, 5) is 35.9. The predicted octanol–water partition coefficient (Wildman–Crippen LogP) is 3.62. The smallest absolute Gasteiger partial charge is 0.309 e. The lowest BCUT2D eigenvalue weighted by Crippen LogP contribution is -2.33. The van der Waals surface area contributed by atoms with Gasteiger partial charge in [0.15, 0.2) is 6.10 Å². The molecule has 0 aliphatic heterocycles. The minimum atomic E-state index is -1.11. The van der Waals surface area contributed by atoms with Crippen LogP contribution in [0.15, 0.2) is 48.5 Å². The van der Waals surface area contributed by atoms with Crippen molar-refractivity contribution in [1.82, 2.24) is 5.32 Å². The van der Waals surface area contributed by atoms with Gasteiger partial charge in [0.05, 0.1) is 23.2 Å². The Balaban J connectivity index is 1.97. The van der Waals surface area contributed by atoms with Gasteiger partial charge in [-0.2, -0.15) is 0 Å². The zero-order chi connectivity index (χ0) is 20.7. The monoisotopic (exact) mass is 406 g/mol. The second-order valence-electron chi connectivity index (χ2n) is 6.11. The van der Waals surface area contributed by atoms with Crippen LogP contribution in [0.25, 0.3) is 0 Å². The highest BCUT2D eigenvalue weighted by molar-refractivity contribution is 6.33. The number of nitrogens with one attached hydrogen (secondary N) is 2. The van der Waals surface area contributed by atoms with E-state index in [2.05, 4.69) is 10.6 Å². The first-order chi connectivity index (χ1) is 13.3.